The lowest BCUT2D eigenvalue weighted by Crippen LogP contribution is -2.43. The fourth-order valence-electron chi connectivity index (χ4n) is 6.35. The number of carbonyl (C=O) groups is 2. The molecular formula is C29H32F3N3O3. The highest BCUT2D eigenvalue weighted by atomic mass is 19.4. The number of pyridine rings is 1. The van der Waals surface area contributed by atoms with Crippen LogP contribution in [0.2, 0.25) is 0 Å². The lowest BCUT2D eigenvalue weighted by Gasteiger charge is -2.39. The van der Waals surface area contributed by atoms with E-state index in [1.54, 1.807) is 24.1 Å². The Bertz CT molecular complexity index is 1410. The molecule has 1 aliphatic carbocycles. The Labute approximate surface area is 219 Å². The fraction of sp³-hybridized carbons (Fsp3) is 0.483. The highest BCUT2D eigenvalue weighted by Crippen LogP contribution is 2.57. The van der Waals surface area contributed by atoms with Crippen LogP contribution in [0.5, 0.6) is 0 Å². The average Bonchev–Trinajstić information content (AvgIpc) is 3.30. The number of amides is 1. The number of carbonyl (C=O) groups excluding carboxylic acids is 1. The van der Waals surface area contributed by atoms with E-state index in [4.69, 9.17) is 0 Å². The number of nitrogens with zero attached hydrogens (tertiary/aromatic N) is 3. The molecule has 1 amide bonds. The van der Waals surface area contributed by atoms with Gasteiger partial charge in [0.25, 0.3) is 0 Å². The Morgan fingerprint density at radius 1 is 1.16 bits per heavy atom. The Morgan fingerprint density at radius 2 is 1.92 bits per heavy atom. The number of carboxylic acid groups (broad SMARTS) is 1. The van der Waals surface area contributed by atoms with Crippen LogP contribution in [0.1, 0.15) is 62.4 Å². The van der Waals surface area contributed by atoms with Crippen LogP contribution in [0.4, 0.5) is 13.2 Å². The van der Waals surface area contributed by atoms with Gasteiger partial charge in [-0.1, -0.05) is 26.0 Å². The van der Waals surface area contributed by atoms with Crippen molar-refractivity contribution in [3.8, 4) is 0 Å². The van der Waals surface area contributed by atoms with E-state index in [1.807, 2.05) is 30.5 Å². The number of benzene rings is 1. The van der Waals surface area contributed by atoms with E-state index in [0.29, 0.717) is 43.6 Å². The first-order valence-corrected chi connectivity index (χ1v) is 12.9. The van der Waals surface area contributed by atoms with E-state index >= 15 is 0 Å². The van der Waals surface area contributed by atoms with Crippen LogP contribution in [0.25, 0.3) is 11.0 Å². The van der Waals surface area contributed by atoms with Crippen LogP contribution in [0.15, 0.2) is 42.6 Å². The zero-order chi connectivity index (χ0) is 27.5. The van der Waals surface area contributed by atoms with Crippen LogP contribution in [-0.2, 0) is 35.3 Å². The van der Waals surface area contributed by atoms with Gasteiger partial charge in [-0.3, -0.25) is 9.59 Å². The van der Waals surface area contributed by atoms with E-state index in [9.17, 15) is 27.9 Å². The van der Waals surface area contributed by atoms with Crippen LogP contribution in [0.3, 0.4) is 0 Å². The molecule has 0 unspecified atom stereocenters. The molecule has 0 bridgehead atoms. The summed E-state index contributed by atoms with van der Waals surface area (Å²) < 4.78 is 41.9. The van der Waals surface area contributed by atoms with E-state index in [2.05, 4.69) is 4.98 Å². The van der Waals surface area contributed by atoms with Crippen molar-refractivity contribution in [1.29, 1.82) is 0 Å². The molecule has 1 saturated carbocycles. The van der Waals surface area contributed by atoms with Crippen molar-refractivity contribution in [2.45, 2.75) is 65.7 Å². The van der Waals surface area contributed by atoms with Crippen molar-refractivity contribution in [2.75, 3.05) is 6.54 Å². The molecule has 0 spiro atoms. The van der Waals surface area contributed by atoms with Gasteiger partial charge in [0.1, 0.15) is 5.65 Å². The quantitative estimate of drug-likeness (QED) is 0.448. The molecule has 9 heteroatoms. The van der Waals surface area contributed by atoms with Gasteiger partial charge in [-0.25, -0.2) is 4.98 Å². The average molecular weight is 528 g/mol. The number of hydrogen-bond acceptors (Lipinski definition) is 3. The molecule has 1 N–H and O–H groups in total. The Hall–Kier alpha value is -3.36. The largest absolute Gasteiger partial charge is 0.481 e. The van der Waals surface area contributed by atoms with Crippen molar-refractivity contribution < 1.29 is 27.9 Å². The molecule has 202 valence electrons. The summed E-state index contributed by atoms with van der Waals surface area (Å²) in [4.78, 5) is 31.8. The normalized spacial score (nSPS) is 23.0. The van der Waals surface area contributed by atoms with Crippen LogP contribution in [0, 0.1) is 16.7 Å². The molecule has 1 fully saturated rings. The third-order valence-corrected chi connectivity index (χ3v) is 9.29. The maximum Gasteiger partial charge on any atom is 0.416 e. The SMILES string of the molecule is CC1(C)[C@@H](CC(=O)N2CCc3c(n(Cc4cccc(C(F)(F)F)c4)c4ncccc34)C2)CC[C@@]1(C)C(=O)O. The van der Waals surface area contributed by atoms with Crippen LogP contribution >= 0.6 is 0 Å². The summed E-state index contributed by atoms with van der Waals surface area (Å²) in [6.07, 6.45) is -0.646. The Kier molecular flexibility index (Phi) is 6.31. The minimum atomic E-state index is -4.43. The third-order valence-electron chi connectivity index (χ3n) is 9.29. The number of fused-ring (bicyclic) bond motifs is 3. The maximum atomic E-state index is 13.5. The summed E-state index contributed by atoms with van der Waals surface area (Å²) in [5.74, 6) is -0.894. The van der Waals surface area contributed by atoms with Crippen molar-refractivity contribution in [1.82, 2.24) is 14.5 Å². The monoisotopic (exact) mass is 527 g/mol. The van der Waals surface area contributed by atoms with Crippen molar-refractivity contribution in [2.24, 2.45) is 16.7 Å². The summed E-state index contributed by atoms with van der Waals surface area (Å²) in [5.41, 5.74) is 1.05. The molecule has 38 heavy (non-hydrogen) atoms. The molecular weight excluding hydrogens is 495 g/mol. The number of aromatic nitrogens is 2. The third kappa shape index (κ3) is 4.25. The predicted octanol–water partition coefficient (Wildman–Crippen LogP) is 5.91. The van der Waals surface area contributed by atoms with Crippen LogP contribution in [-0.4, -0.2) is 38.0 Å². The van der Waals surface area contributed by atoms with Gasteiger partial charge < -0.3 is 14.6 Å². The van der Waals surface area contributed by atoms with Crippen LogP contribution < -0.4 is 0 Å². The molecule has 3 aromatic rings. The molecule has 1 aromatic carbocycles. The summed E-state index contributed by atoms with van der Waals surface area (Å²) in [7, 11) is 0. The van der Waals surface area contributed by atoms with E-state index < -0.39 is 28.5 Å². The first-order chi connectivity index (χ1) is 17.8. The Morgan fingerprint density at radius 3 is 2.61 bits per heavy atom. The fourth-order valence-corrected chi connectivity index (χ4v) is 6.35. The van der Waals surface area contributed by atoms with E-state index in [-0.39, 0.29) is 24.8 Å². The first kappa shape index (κ1) is 26.3. The lowest BCUT2D eigenvalue weighted by atomic mass is 9.65. The minimum Gasteiger partial charge on any atom is -0.481 e. The standard InChI is InChI=1S/C29H32F3N3O3/c1-27(2)19(9-11-28(27,3)26(37)38)15-24(36)34-13-10-21-22-8-5-12-33-25(22)35(23(21)17-34)16-18-6-4-7-20(14-18)29(30,31)32/h4-8,12,14,19H,9-11,13,15-17H2,1-3H3,(H,37,38)/t19-,28+/m1/s1. The number of halogens is 3. The van der Waals surface area contributed by atoms with Gasteiger partial charge in [-0.2, -0.15) is 13.2 Å². The van der Waals surface area contributed by atoms with E-state index in [1.165, 1.54) is 6.07 Å². The summed E-state index contributed by atoms with van der Waals surface area (Å²) in [5, 5.41) is 10.8. The van der Waals surface area contributed by atoms with Crippen molar-refractivity contribution in [3.05, 3.63) is 65.0 Å². The van der Waals surface area contributed by atoms with Gasteiger partial charge >= 0.3 is 12.1 Å². The molecule has 2 aromatic heterocycles. The van der Waals surface area contributed by atoms with Gasteiger partial charge in [-0.05, 0) is 72.9 Å². The molecule has 3 heterocycles. The molecule has 1 aliphatic heterocycles. The number of alkyl halides is 3. The summed E-state index contributed by atoms with van der Waals surface area (Å²) in [6.45, 7) is 6.74. The molecule has 0 radical (unpaired) electrons. The number of hydrogen-bond donors (Lipinski definition) is 1. The smallest absolute Gasteiger partial charge is 0.416 e. The van der Waals surface area contributed by atoms with Gasteiger partial charge in [0, 0.05) is 36.8 Å². The number of aliphatic carboxylic acids is 1. The van der Waals surface area contributed by atoms with Gasteiger partial charge in [0.15, 0.2) is 0 Å². The summed E-state index contributed by atoms with van der Waals surface area (Å²) in [6, 6.07) is 9.11. The molecule has 0 saturated heterocycles. The molecule has 5 rings (SSSR count). The highest BCUT2D eigenvalue weighted by Gasteiger charge is 2.56. The first-order valence-electron chi connectivity index (χ1n) is 12.9. The Balaban J connectivity index is 1.42. The molecule has 6 nitrogen and oxygen atoms in total. The minimum absolute atomic E-state index is 0.0211. The lowest BCUT2D eigenvalue weighted by molar-refractivity contribution is -0.155. The topological polar surface area (TPSA) is 75.4 Å². The maximum absolute atomic E-state index is 13.5. The highest BCUT2D eigenvalue weighted by molar-refractivity contribution is 5.84. The van der Waals surface area contributed by atoms with Crippen molar-refractivity contribution in [3.63, 3.8) is 0 Å². The zero-order valence-electron chi connectivity index (χ0n) is 21.8. The second kappa shape index (κ2) is 9.13. The second-order valence-electron chi connectivity index (χ2n) is 11.4. The van der Waals surface area contributed by atoms with Crippen molar-refractivity contribution >= 4 is 22.9 Å². The number of carboxylic acids is 1. The van der Waals surface area contributed by atoms with Gasteiger partial charge in [0.05, 0.1) is 17.5 Å². The van der Waals surface area contributed by atoms with E-state index in [0.717, 1.165) is 28.8 Å². The number of rotatable bonds is 5. The zero-order valence-corrected chi connectivity index (χ0v) is 21.8. The van der Waals surface area contributed by atoms with Gasteiger partial charge in [0.2, 0.25) is 5.91 Å². The molecule has 2 atom stereocenters. The molecule has 2 aliphatic rings. The second-order valence-corrected chi connectivity index (χ2v) is 11.4. The van der Waals surface area contributed by atoms with Gasteiger partial charge in [-0.15, -0.1) is 0 Å². The predicted molar refractivity (Wildman–Crippen MR) is 136 cm³/mol. The summed E-state index contributed by atoms with van der Waals surface area (Å²) >= 11 is 0.